The zero-order valence-electron chi connectivity index (χ0n) is 11.3. The van der Waals surface area contributed by atoms with Gasteiger partial charge in [0.05, 0.1) is 6.42 Å². The van der Waals surface area contributed by atoms with Crippen LogP contribution in [0.4, 0.5) is 0 Å². The molecule has 1 fully saturated rings. The standard InChI is InChI=1S/C15H19NO3/c1-10-5-3-4-6-11(10)9-13(17)16-15(2,14(18)19)12-7-8-12/h3-6,12H,7-9H2,1-2H3,(H,16,17)(H,18,19). The highest BCUT2D eigenvalue weighted by Gasteiger charge is 2.48. The van der Waals surface area contributed by atoms with Gasteiger partial charge < -0.3 is 10.4 Å². The molecule has 1 aliphatic carbocycles. The lowest BCUT2D eigenvalue weighted by molar-refractivity contribution is -0.147. The van der Waals surface area contributed by atoms with Gasteiger partial charge in [0.15, 0.2) is 0 Å². The molecule has 1 unspecified atom stereocenters. The SMILES string of the molecule is Cc1ccccc1CC(=O)NC(C)(C(=O)O)C1CC1. The maximum Gasteiger partial charge on any atom is 0.329 e. The monoisotopic (exact) mass is 261 g/mol. The van der Waals surface area contributed by atoms with Gasteiger partial charge in [0, 0.05) is 0 Å². The van der Waals surface area contributed by atoms with Gasteiger partial charge in [-0.3, -0.25) is 4.79 Å². The minimum absolute atomic E-state index is 0.0609. The molecule has 0 aliphatic heterocycles. The minimum Gasteiger partial charge on any atom is -0.480 e. The quantitative estimate of drug-likeness (QED) is 0.850. The van der Waals surface area contributed by atoms with Gasteiger partial charge in [-0.15, -0.1) is 0 Å². The number of aryl methyl sites for hydroxylation is 1. The summed E-state index contributed by atoms with van der Waals surface area (Å²) >= 11 is 0. The van der Waals surface area contributed by atoms with Crippen LogP contribution < -0.4 is 5.32 Å². The number of amides is 1. The number of benzene rings is 1. The smallest absolute Gasteiger partial charge is 0.329 e. The number of carboxylic acids is 1. The highest BCUT2D eigenvalue weighted by atomic mass is 16.4. The second-order valence-electron chi connectivity index (χ2n) is 5.43. The van der Waals surface area contributed by atoms with E-state index in [4.69, 9.17) is 0 Å². The van der Waals surface area contributed by atoms with E-state index in [0.717, 1.165) is 24.0 Å². The summed E-state index contributed by atoms with van der Waals surface area (Å²) in [7, 11) is 0. The van der Waals surface area contributed by atoms with Crippen LogP contribution >= 0.6 is 0 Å². The van der Waals surface area contributed by atoms with E-state index in [1.165, 1.54) is 0 Å². The van der Waals surface area contributed by atoms with Crippen molar-refractivity contribution in [1.29, 1.82) is 0 Å². The molecule has 0 radical (unpaired) electrons. The largest absolute Gasteiger partial charge is 0.480 e. The van der Waals surface area contributed by atoms with Crippen LogP contribution in [-0.4, -0.2) is 22.5 Å². The van der Waals surface area contributed by atoms with Crippen LogP contribution in [0, 0.1) is 12.8 Å². The number of hydrogen-bond donors (Lipinski definition) is 2. The van der Waals surface area contributed by atoms with Crippen LogP contribution in [0.3, 0.4) is 0 Å². The molecule has 0 aromatic heterocycles. The Morgan fingerprint density at radius 2 is 2.00 bits per heavy atom. The molecule has 0 saturated heterocycles. The fourth-order valence-corrected chi connectivity index (χ4v) is 2.31. The number of carboxylic acid groups (broad SMARTS) is 1. The second-order valence-corrected chi connectivity index (χ2v) is 5.43. The molecule has 102 valence electrons. The molecule has 2 rings (SSSR count). The summed E-state index contributed by atoms with van der Waals surface area (Å²) in [5.41, 5.74) is 0.851. The van der Waals surface area contributed by atoms with Gasteiger partial charge in [-0.2, -0.15) is 0 Å². The summed E-state index contributed by atoms with van der Waals surface area (Å²) in [5.74, 6) is -1.12. The summed E-state index contributed by atoms with van der Waals surface area (Å²) in [5, 5.41) is 12.0. The third kappa shape index (κ3) is 2.95. The van der Waals surface area contributed by atoms with E-state index in [2.05, 4.69) is 5.32 Å². The third-order valence-electron chi connectivity index (χ3n) is 3.85. The molecule has 1 atom stereocenters. The van der Waals surface area contributed by atoms with Crippen molar-refractivity contribution < 1.29 is 14.7 Å². The summed E-state index contributed by atoms with van der Waals surface area (Å²) in [6.07, 6.45) is 1.96. The molecule has 4 heteroatoms. The fraction of sp³-hybridized carbons (Fsp3) is 0.467. The minimum atomic E-state index is -1.13. The lowest BCUT2D eigenvalue weighted by Gasteiger charge is -2.26. The van der Waals surface area contributed by atoms with Crippen molar-refractivity contribution in [3.63, 3.8) is 0 Å². The number of rotatable bonds is 5. The van der Waals surface area contributed by atoms with Crippen molar-refractivity contribution in [1.82, 2.24) is 5.32 Å². The molecular weight excluding hydrogens is 242 g/mol. The van der Waals surface area contributed by atoms with E-state index in [0.29, 0.717) is 0 Å². The van der Waals surface area contributed by atoms with E-state index in [-0.39, 0.29) is 18.2 Å². The summed E-state index contributed by atoms with van der Waals surface area (Å²) in [4.78, 5) is 23.4. The zero-order valence-corrected chi connectivity index (χ0v) is 11.3. The predicted molar refractivity (Wildman–Crippen MR) is 71.8 cm³/mol. The first-order valence-corrected chi connectivity index (χ1v) is 6.52. The Morgan fingerprint density at radius 1 is 1.37 bits per heavy atom. The number of aliphatic carboxylic acids is 1. The Balaban J connectivity index is 2.05. The molecule has 4 nitrogen and oxygen atoms in total. The van der Waals surface area contributed by atoms with Crippen molar-refractivity contribution in [2.24, 2.45) is 5.92 Å². The van der Waals surface area contributed by atoms with E-state index in [9.17, 15) is 14.7 Å². The number of carbonyl (C=O) groups is 2. The van der Waals surface area contributed by atoms with E-state index >= 15 is 0 Å². The molecule has 1 aromatic rings. The van der Waals surface area contributed by atoms with Gasteiger partial charge in [0.25, 0.3) is 0 Å². The molecule has 1 aliphatic rings. The summed E-state index contributed by atoms with van der Waals surface area (Å²) in [6.45, 7) is 3.54. The van der Waals surface area contributed by atoms with Gasteiger partial charge >= 0.3 is 5.97 Å². The molecule has 1 saturated carbocycles. The summed E-state index contributed by atoms with van der Waals surface area (Å²) in [6, 6.07) is 7.64. The maximum absolute atomic E-state index is 12.0. The Hall–Kier alpha value is -1.84. The van der Waals surface area contributed by atoms with Crippen molar-refractivity contribution in [2.75, 3.05) is 0 Å². The Bertz CT molecular complexity index is 508. The van der Waals surface area contributed by atoms with Crippen LogP contribution in [0.1, 0.15) is 30.9 Å². The highest BCUT2D eigenvalue weighted by molar-refractivity contribution is 5.88. The van der Waals surface area contributed by atoms with Crippen molar-refractivity contribution >= 4 is 11.9 Å². The molecule has 0 spiro atoms. The molecule has 1 amide bonds. The first kappa shape index (κ1) is 13.6. The first-order valence-electron chi connectivity index (χ1n) is 6.52. The predicted octanol–water partition coefficient (Wildman–Crippen LogP) is 1.91. The lowest BCUT2D eigenvalue weighted by Crippen LogP contribution is -2.54. The molecule has 1 aromatic carbocycles. The van der Waals surface area contributed by atoms with E-state index in [1.807, 2.05) is 31.2 Å². The topological polar surface area (TPSA) is 66.4 Å². The molecule has 0 bridgehead atoms. The molecule has 19 heavy (non-hydrogen) atoms. The molecule has 0 heterocycles. The fourth-order valence-electron chi connectivity index (χ4n) is 2.31. The maximum atomic E-state index is 12.0. The first-order chi connectivity index (χ1) is 8.93. The highest BCUT2D eigenvalue weighted by Crippen LogP contribution is 2.39. The van der Waals surface area contributed by atoms with Gasteiger partial charge in [0.1, 0.15) is 5.54 Å². The zero-order chi connectivity index (χ0) is 14.0. The number of nitrogens with one attached hydrogen (secondary N) is 1. The third-order valence-corrected chi connectivity index (χ3v) is 3.85. The second kappa shape index (κ2) is 5.03. The van der Waals surface area contributed by atoms with E-state index < -0.39 is 11.5 Å². The molecular formula is C15H19NO3. The van der Waals surface area contributed by atoms with Crippen LogP contribution in [0.15, 0.2) is 24.3 Å². The van der Waals surface area contributed by atoms with Crippen molar-refractivity contribution in [3.8, 4) is 0 Å². The van der Waals surface area contributed by atoms with Crippen LogP contribution in [-0.2, 0) is 16.0 Å². The van der Waals surface area contributed by atoms with Gasteiger partial charge in [-0.05, 0) is 43.7 Å². The lowest BCUT2D eigenvalue weighted by atomic mass is 9.95. The van der Waals surface area contributed by atoms with Crippen molar-refractivity contribution in [2.45, 2.75) is 38.6 Å². The van der Waals surface area contributed by atoms with Crippen LogP contribution in [0.25, 0.3) is 0 Å². The van der Waals surface area contributed by atoms with Gasteiger partial charge in [-0.25, -0.2) is 4.79 Å². The average Bonchev–Trinajstić information content (AvgIpc) is 3.16. The van der Waals surface area contributed by atoms with Gasteiger partial charge in [0.2, 0.25) is 5.91 Å². The van der Waals surface area contributed by atoms with Crippen LogP contribution in [0.2, 0.25) is 0 Å². The number of carbonyl (C=O) groups excluding carboxylic acids is 1. The Morgan fingerprint density at radius 3 is 2.53 bits per heavy atom. The number of hydrogen-bond acceptors (Lipinski definition) is 2. The van der Waals surface area contributed by atoms with Crippen molar-refractivity contribution in [3.05, 3.63) is 35.4 Å². The molecule has 2 N–H and O–H groups in total. The van der Waals surface area contributed by atoms with E-state index in [1.54, 1.807) is 6.92 Å². The average molecular weight is 261 g/mol. The van der Waals surface area contributed by atoms with Crippen LogP contribution in [0.5, 0.6) is 0 Å². The normalized spacial score (nSPS) is 17.6. The Labute approximate surface area is 112 Å². The summed E-state index contributed by atoms with van der Waals surface area (Å²) < 4.78 is 0. The Kier molecular flexibility index (Phi) is 3.60. The van der Waals surface area contributed by atoms with Gasteiger partial charge in [-0.1, -0.05) is 24.3 Å².